The summed E-state index contributed by atoms with van der Waals surface area (Å²) in [5, 5.41) is 0. The normalized spacial score (nSPS) is 29.6. The van der Waals surface area contributed by atoms with Gasteiger partial charge < -0.3 is 5.73 Å². The van der Waals surface area contributed by atoms with Gasteiger partial charge in [0.2, 0.25) is 0 Å². The van der Waals surface area contributed by atoms with Crippen molar-refractivity contribution in [3.63, 3.8) is 0 Å². The van der Waals surface area contributed by atoms with E-state index in [1.807, 2.05) is 0 Å². The van der Waals surface area contributed by atoms with Crippen LogP contribution in [0, 0.1) is 0 Å². The molecular weight excluding hydrogens is 100 g/mol. The van der Waals surface area contributed by atoms with Crippen molar-refractivity contribution in [3.05, 3.63) is 0 Å². The van der Waals surface area contributed by atoms with E-state index in [0.717, 1.165) is 0 Å². The summed E-state index contributed by atoms with van der Waals surface area (Å²) in [4.78, 5) is 0. The second-order valence-corrected chi connectivity index (χ2v) is 2.13. The van der Waals surface area contributed by atoms with Gasteiger partial charge in [-0.15, -0.1) is 0 Å². The van der Waals surface area contributed by atoms with Crippen LogP contribution in [-0.2, 0) is 0 Å². The van der Waals surface area contributed by atoms with Crippen LogP contribution in [-0.4, -0.2) is 12.0 Å². The number of halogens is 2. The minimum Gasteiger partial charge on any atom is -0.355 e. The maximum absolute atomic E-state index is 11.7. The zero-order chi connectivity index (χ0) is 5.49. The molecule has 1 saturated carbocycles. The van der Waals surface area contributed by atoms with Crippen LogP contribution in [0.5, 0.6) is 0 Å². The summed E-state index contributed by atoms with van der Waals surface area (Å²) in [5.41, 5.74) is 3.46. The standard InChI is InChI=1S/C4H7F2N/c5-4(6)1-3(7)2-4/h3H,1-2,7H2/p+1. The first kappa shape index (κ1) is 4.97. The Morgan fingerprint density at radius 2 is 1.86 bits per heavy atom. The molecular formula is C4H8F2N+. The van der Waals surface area contributed by atoms with Crippen LogP contribution < -0.4 is 5.73 Å². The number of rotatable bonds is 0. The summed E-state index contributed by atoms with van der Waals surface area (Å²) in [6.45, 7) is 0. The van der Waals surface area contributed by atoms with Crippen molar-refractivity contribution >= 4 is 0 Å². The lowest BCUT2D eigenvalue weighted by Crippen LogP contribution is -2.69. The van der Waals surface area contributed by atoms with Gasteiger partial charge in [0.1, 0.15) is 0 Å². The number of quaternary nitrogens is 1. The molecule has 1 nitrogen and oxygen atoms in total. The molecule has 0 spiro atoms. The van der Waals surface area contributed by atoms with Crippen LogP contribution in [0.3, 0.4) is 0 Å². The molecule has 3 N–H and O–H groups in total. The molecule has 0 aliphatic heterocycles. The second kappa shape index (κ2) is 1.15. The molecule has 1 rings (SSSR count). The highest BCUT2D eigenvalue weighted by molar-refractivity contribution is 4.84. The monoisotopic (exact) mass is 108 g/mol. The van der Waals surface area contributed by atoms with E-state index in [0.29, 0.717) is 0 Å². The Morgan fingerprint density at radius 3 is 1.86 bits per heavy atom. The zero-order valence-electron chi connectivity index (χ0n) is 3.95. The Hall–Kier alpha value is -0.180. The average Bonchev–Trinajstić information content (AvgIpc) is 1.27. The molecule has 0 bridgehead atoms. The third-order valence-electron chi connectivity index (χ3n) is 1.17. The predicted octanol–water partition coefficient (Wildman–Crippen LogP) is 0.0260. The van der Waals surface area contributed by atoms with E-state index in [-0.39, 0.29) is 18.9 Å². The fourth-order valence-electron chi connectivity index (χ4n) is 0.785. The fourth-order valence-corrected chi connectivity index (χ4v) is 0.785. The molecule has 0 saturated heterocycles. The van der Waals surface area contributed by atoms with Gasteiger partial charge in [-0.25, -0.2) is 8.78 Å². The Bertz CT molecular complexity index is 73.8. The molecule has 7 heavy (non-hydrogen) atoms. The Kier molecular flexibility index (Phi) is 0.819. The molecule has 1 fully saturated rings. The largest absolute Gasteiger partial charge is 0.355 e. The quantitative estimate of drug-likeness (QED) is 0.453. The summed E-state index contributed by atoms with van der Waals surface area (Å²) >= 11 is 0. The van der Waals surface area contributed by atoms with Crippen LogP contribution in [0.25, 0.3) is 0 Å². The molecule has 0 amide bonds. The molecule has 3 heteroatoms. The summed E-state index contributed by atoms with van der Waals surface area (Å²) in [7, 11) is 0. The summed E-state index contributed by atoms with van der Waals surface area (Å²) < 4.78 is 23.5. The third kappa shape index (κ3) is 0.881. The predicted molar refractivity (Wildman–Crippen MR) is 20.9 cm³/mol. The van der Waals surface area contributed by atoms with Crippen molar-refractivity contribution in [2.75, 3.05) is 0 Å². The molecule has 0 unspecified atom stereocenters. The van der Waals surface area contributed by atoms with Crippen LogP contribution in [0.15, 0.2) is 0 Å². The van der Waals surface area contributed by atoms with Gasteiger partial charge in [0.05, 0.1) is 18.9 Å². The highest BCUT2D eigenvalue weighted by Crippen LogP contribution is 2.34. The Morgan fingerprint density at radius 1 is 1.43 bits per heavy atom. The van der Waals surface area contributed by atoms with Crippen LogP contribution in [0.2, 0.25) is 0 Å². The van der Waals surface area contributed by atoms with Crippen molar-refractivity contribution in [1.29, 1.82) is 0 Å². The van der Waals surface area contributed by atoms with E-state index in [9.17, 15) is 8.78 Å². The maximum atomic E-state index is 11.7. The lowest BCUT2D eigenvalue weighted by atomic mass is 9.89. The molecule has 0 radical (unpaired) electrons. The van der Waals surface area contributed by atoms with Gasteiger partial charge in [0, 0.05) is 0 Å². The summed E-state index contributed by atoms with van der Waals surface area (Å²) in [6, 6.07) is 0.00926. The van der Waals surface area contributed by atoms with Crippen LogP contribution >= 0.6 is 0 Å². The fraction of sp³-hybridized carbons (Fsp3) is 1.00. The van der Waals surface area contributed by atoms with Gasteiger partial charge in [-0.3, -0.25) is 0 Å². The van der Waals surface area contributed by atoms with Gasteiger partial charge >= 0.3 is 0 Å². The maximum Gasteiger partial charge on any atom is 0.259 e. The number of alkyl halides is 2. The molecule has 1 aliphatic rings. The minimum absolute atomic E-state index is 0.00694. The van der Waals surface area contributed by atoms with Crippen LogP contribution in [0.4, 0.5) is 8.78 Å². The first-order valence-electron chi connectivity index (χ1n) is 2.31. The molecule has 0 aromatic rings. The van der Waals surface area contributed by atoms with Gasteiger partial charge in [-0.1, -0.05) is 0 Å². The number of hydrogen-bond acceptors (Lipinski definition) is 0. The van der Waals surface area contributed by atoms with Crippen molar-refractivity contribution in [2.24, 2.45) is 0 Å². The summed E-state index contributed by atoms with van der Waals surface area (Å²) in [6.07, 6.45) is -0.0139. The third-order valence-corrected chi connectivity index (χ3v) is 1.17. The molecule has 42 valence electrons. The number of hydrogen-bond donors (Lipinski definition) is 1. The molecule has 0 aromatic heterocycles. The van der Waals surface area contributed by atoms with Gasteiger partial charge in [-0.2, -0.15) is 0 Å². The lowest BCUT2D eigenvalue weighted by molar-refractivity contribution is -0.463. The van der Waals surface area contributed by atoms with Gasteiger partial charge in [0.15, 0.2) is 0 Å². The van der Waals surface area contributed by atoms with Crippen molar-refractivity contribution in [2.45, 2.75) is 24.8 Å². The smallest absolute Gasteiger partial charge is 0.259 e. The average molecular weight is 108 g/mol. The Balaban J connectivity index is 2.29. The summed E-state index contributed by atoms with van der Waals surface area (Å²) in [5.74, 6) is -2.37. The van der Waals surface area contributed by atoms with Crippen LogP contribution in [0.1, 0.15) is 12.8 Å². The van der Waals surface area contributed by atoms with E-state index in [2.05, 4.69) is 5.73 Å². The van der Waals surface area contributed by atoms with E-state index in [4.69, 9.17) is 0 Å². The van der Waals surface area contributed by atoms with Gasteiger partial charge in [0.25, 0.3) is 5.92 Å². The van der Waals surface area contributed by atoms with E-state index < -0.39 is 5.92 Å². The highest BCUT2D eigenvalue weighted by Gasteiger charge is 2.45. The highest BCUT2D eigenvalue weighted by atomic mass is 19.3. The minimum atomic E-state index is -2.37. The topological polar surface area (TPSA) is 27.6 Å². The molecule has 0 heterocycles. The first-order chi connectivity index (χ1) is 3.10. The molecule has 0 atom stereocenters. The molecule has 1 aliphatic carbocycles. The van der Waals surface area contributed by atoms with E-state index in [1.54, 1.807) is 0 Å². The second-order valence-electron chi connectivity index (χ2n) is 2.13. The van der Waals surface area contributed by atoms with Crippen molar-refractivity contribution in [3.8, 4) is 0 Å². The Labute approximate surface area is 40.5 Å². The van der Waals surface area contributed by atoms with Crippen molar-refractivity contribution in [1.82, 2.24) is 0 Å². The lowest BCUT2D eigenvalue weighted by Gasteiger charge is -2.28. The van der Waals surface area contributed by atoms with Gasteiger partial charge in [-0.05, 0) is 0 Å². The SMILES string of the molecule is [NH3+]C1CC(F)(F)C1. The first-order valence-corrected chi connectivity index (χ1v) is 2.31. The van der Waals surface area contributed by atoms with E-state index >= 15 is 0 Å². The van der Waals surface area contributed by atoms with E-state index in [1.165, 1.54) is 0 Å². The zero-order valence-corrected chi connectivity index (χ0v) is 3.95. The van der Waals surface area contributed by atoms with Crippen molar-refractivity contribution < 1.29 is 14.5 Å². The molecule has 0 aromatic carbocycles.